The summed E-state index contributed by atoms with van der Waals surface area (Å²) in [7, 11) is 0. The summed E-state index contributed by atoms with van der Waals surface area (Å²) in [6, 6.07) is 7.89. The first-order valence-corrected chi connectivity index (χ1v) is 8.19. The normalized spacial score (nSPS) is 10.3. The quantitative estimate of drug-likeness (QED) is 0.634. The van der Waals surface area contributed by atoms with E-state index in [1.807, 2.05) is 0 Å². The first kappa shape index (κ1) is 16.9. The summed E-state index contributed by atoms with van der Waals surface area (Å²) >= 11 is 7.02. The number of carboxylic acids is 1. The topological polar surface area (TPSA) is 104 Å². The van der Waals surface area contributed by atoms with Crippen LogP contribution >= 0.6 is 22.9 Å². The molecule has 7 nitrogen and oxygen atoms in total. The van der Waals surface area contributed by atoms with Crippen LogP contribution in [0.3, 0.4) is 0 Å². The minimum atomic E-state index is -1.13. The Morgan fingerprint density at radius 2 is 1.88 bits per heavy atom. The van der Waals surface area contributed by atoms with Crippen molar-refractivity contribution in [2.24, 2.45) is 0 Å². The number of aromatic carboxylic acids is 1. The Morgan fingerprint density at radius 1 is 1.12 bits per heavy atom. The lowest BCUT2D eigenvalue weighted by Gasteiger charge is -2.05. The Labute approximate surface area is 151 Å². The van der Waals surface area contributed by atoms with E-state index in [1.165, 1.54) is 24.7 Å². The number of carbonyl (C=O) groups excluding carboxylic acids is 1. The molecule has 0 atom stereocenters. The molecular weight excluding hydrogens is 364 g/mol. The number of hydrogen-bond donors (Lipinski definition) is 3. The molecule has 0 fully saturated rings. The Hall–Kier alpha value is -2.97. The summed E-state index contributed by atoms with van der Waals surface area (Å²) in [6.45, 7) is 0. The second-order valence-corrected chi connectivity index (χ2v) is 6.32. The standard InChI is InChI=1S/C16H11ClN4O3S/c17-10-3-1-9(2-4-10)12-7-11(15(22)23)14(25-12)21-16(24)20-13-8-18-5-6-19-13/h1-8H,(H,22,23)(H2,19,20,21,24). The maximum Gasteiger partial charge on any atom is 0.338 e. The molecule has 3 N–H and O–H groups in total. The van der Waals surface area contributed by atoms with Crippen LogP contribution in [0.25, 0.3) is 10.4 Å². The van der Waals surface area contributed by atoms with Gasteiger partial charge in [-0.05, 0) is 23.8 Å². The largest absolute Gasteiger partial charge is 0.478 e. The molecule has 0 aliphatic carbocycles. The number of aromatic nitrogens is 2. The van der Waals surface area contributed by atoms with Crippen molar-refractivity contribution < 1.29 is 14.7 Å². The van der Waals surface area contributed by atoms with Crippen molar-refractivity contribution >= 4 is 45.8 Å². The number of benzene rings is 1. The molecule has 3 rings (SSSR count). The highest BCUT2D eigenvalue weighted by molar-refractivity contribution is 7.20. The molecule has 25 heavy (non-hydrogen) atoms. The minimum absolute atomic E-state index is 0.00393. The van der Waals surface area contributed by atoms with Gasteiger partial charge in [-0.25, -0.2) is 14.6 Å². The van der Waals surface area contributed by atoms with Crippen LogP contribution in [0.4, 0.5) is 15.6 Å². The highest BCUT2D eigenvalue weighted by Crippen LogP contribution is 2.36. The summed E-state index contributed by atoms with van der Waals surface area (Å²) in [5, 5.41) is 15.2. The van der Waals surface area contributed by atoms with Gasteiger partial charge in [0.1, 0.15) is 5.00 Å². The average Bonchev–Trinajstić information content (AvgIpc) is 3.00. The molecular formula is C16H11ClN4O3S. The zero-order valence-corrected chi connectivity index (χ0v) is 14.1. The van der Waals surface area contributed by atoms with Gasteiger partial charge >= 0.3 is 12.0 Å². The van der Waals surface area contributed by atoms with Crippen molar-refractivity contribution in [2.45, 2.75) is 0 Å². The summed E-state index contributed by atoms with van der Waals surface area (Å²) in [5.41, 5.74) is 0.809. The van der Waals surface area contributed by atoms with Crippen LogP contribution in [0.2, 0.25) is 5.02 Å². The number of amides is 2. The molecule has 2 amide bonds. The van der Waals surface area contributed by atoms with E-state index in [0.29, 0.717) is 9.90 Å². The molecule has 2 aromatic heterocycles. The third kappa shape index (κ3) is 4.11. The average molecular weight is 375 g/mol. The van der Waals surface area contributed by atoms with E-state index >= 15 is 0 Å². The van der Waals surface area contributed by atoms with Gasteiger partial charge < -0.3 is 5.11 Å². The van der Waals surface area contributed by atoms with Crippen LogP contribution < -0.4 is 10.6 Å². The summed E-state index contributed by atoms with van der Waals surface area (Å²) in [6.07, 6.45) is 4.29. The van der Waals surface area contributed by atoms with Crippen molar-refractivity contribution in [3.05, 3.63) is 59.5 Å². The van der Waals surface area contributed by atoms with Crippen LogP contribution in [0.15, 0.2) is 48.9 Å². The zero-order chi connectivity index (χ0) is 17.8. The van der Waals surface area contributed by atoms with Crippen molar-refractivity contribution in [3.63, 3.8) is 0 Å². The maximum atomic E-state index is 12.1. The molecule has 0 saturated carbocycles. The van der Waals surface area contributed by atoms with Crippen LogP contribution in [-0.4, -0.2) is 27.1 Å². The summed E-state index contributed by atoms with van der Waals surface area (Å²) in [5.74, 6) is -0.877. The Morgan fingerprint density at radius 3 is 2.52 bits per heavy atom. The molecule has 1 aromatic carbocycles. The molecule has 0 aliphatic heterocycles. The second kappa shape index (κ2) is 7.29. The monoisotopic (exact) mass is 374 g/mol. The number of nitrogens with zero attached hydrogens (tertiary/aromatic N) is 2. The van der Waals surface area contributed by atoms with Crippen LogP contribution in [0.5, 0.6) is 0 Å². The van der Waals surface area contributed by atoms with E-state index in [0.717, 1.165) is 16.9 Å². The smallest absolute Gasteiger partial charge is 0.338 e. The number of halogens is 1. The van der Waals surface area contributed by atoms with E-state index < -0.39 is 12.0 Å². The van der Waals surface area contributed by atoms with E-state index in [4.69, 9.17) is 11.6 Å². The van der Waals surface area contributed by atoms with Gasteiger partial charge in [-0.2, -0.15) is 0 Å². The van der Waals surface area contributed by atoms with E-state index in [9.17, 15) is 14.7 Å². The molecule has 9 heteroatoms. The number of thiophene rings is 1. The van der Waals surface area contributed by atoms with E-state index in [-0.39, 0.29) is 16.4 Å². The minimum Gasteiger partial charge on any atom is -0.478 e. The summed E-state index contributed by atoms with van der Waals surface area (Å²) in [4.78, 5) is 32.0. The molecule has 126 valence electrons. The van der Waals surface area contributed by atoms with Gasteiger partial charge in [0, 0.05) is 22.3 Å². The molecule has 0 bridgehead atoms. The second-order valence-electron chi connectivity index (χ2n) is 4.84. The van der Waals surface area contributed by atoms with E-state index in [1.54, 1.807) is 24.3 Å². The van der Waals surface area contributed by atoms with Gasteiger partial charge in [0.2, 0.25) is 0 Å². The molecule has 2 heterocycles. The van der Waals surface area contributed by atoms with Gasteiger partial charge in [-0.15, -0.1) is 11.3 Å². The number of hydrogen-bond acceptors (Lipinski definition) is 5. The lowest BCUT2D eigenvalue weighted by atomic mass is 10.1. The SMILES string of the molecule is O=C(Nc1cnccn1)Nc1sc(-c2ccc(Cl)cc2)cc1C(=O)O. The Kier molecular flexibility index (Phi) is 4.92. The van der Waals surface area contributed by atoms with Gasteiger partial charge in [-0.3, -0.25) is 15.6 Å². The van der Waals surface area contributed by atoms with Crippen molar-refractivity contribution in [2.75, 3.05) is 10.6 Å². The fourth-order valence-electron chi connectivity index (χ4n) is 2.01. The Bertz CT molecular complexity index is 913. The number of carboxylic acid groups (broad SMARTS) is 1. The lowest BCUT2D eigenvalue weighted by molar-refractivity contribution is 0.0698. The fraction of sp³-hybridized carbons (Fsp3) is 0. The van der Waals surface area contributed by atoms with Crippen LogP contribution in [0, 0.1) is 0 Å². The molecule has 0 radical (unpaired) electrons. The van der Waals surface area contributed by atoms with Crippen LogP contribution in [-0.2, 0) is 0 Å². The number of carbonyl (C=O) groups is 2. The van der Waals surface area contributed by atoms with Gasteiger partial charge in [0.25, 0.3) is 0 Å². The zero-order valence-electron chi connectivity index (χ0n) is 12.6. The summed E-state index contributed by atoms with van der Waals surface area (Å²) < 4.78 is 0. The highest BCUT2D eigenvalue weighted by Gasteiger charge is 2.18. The van der Waals surface area contributed by atoms with Crippen molar-refractivity contribution in [1.82, 2.24) is 9.97 Å². The third-order valence-corrected chi connectivity index (χ3v) is 4.47. The van der Waals surface area contributed by atoms with Gasteiger partial charge in [0.05, 0.1) is 11.8 Å². The molecule has 0 unspecified atom stereocenters. The van der Waals surface area contributed by atoms with Gasteiger partial charge in [0.15, 0.2) is 5.82 Å². The number of urea groups is 1. The predicted octanol–water partition coefficient (Wildman–Crippen LogP) is 4.20. The number of nitrogens with one attached hydrogen (secondary N) is 2. The predicted molar refractivity (Wildman–Crippen MR) is 96.4 cm³/mol. The van der Waals surface area contributed by atoms with E-state index in [2.05, 4.69) is 20.6 Å². The molecule has 0 saturated heterocycles. The van der Waals surface area contributed by atoms with Gasteiger partial charge in [-0.1, -0.05) is 23.7 Å². The van der Waals surface area contributed by atoms with Crippen molar-refractivity contribution in [1.29, 1.82) is 0 Å². The lowest BCUT2D eigenvalue weighted by Crippen LogP contribution is -2.20. The molecule has 0 aliphatic rings. The molecule has 0 spiro atoms. The first-order valence-electron chi connectivity index (χ1n) is 7.00. The Balaban J connectivity index is 1.83. The van der Waals surface area contributed by atoms with Crippen molar-refractivity contribution in [3.8, 4) is 10.4 Å². The first-order chi connectivity index (χ1) is 12.0. The third-order valence-electron chi connectivity index (χ3n) is 3.12. The fourth-order valence-corrected chi connectivity index (χ4v) is 3.19. The molecule has 3 aromatic rings. The highest BCUT2D eigenvalue weighted by atomic mass is 35.5. The van der Waals surface area contributed by atoms with Crippen LogP contribution in [0.1, 0.15) is 10.4 Å². The maximum absolute atomic E-state index is 12.1. The number of anilines is 2. The number of rotatable bonds is 4.